The quantitative estimate of drug-likeness (QED) is 0.736. The molecule has 0 saturated heterocycles. The average molecular weight is 211 g/mol. The van der Waals surface area contributed by atoms with Crippen LogP contribution in [-0.4, -0.2) is 27.5 Å². The van der Waals surface area contributed by atoms with Gasteiger partial charge in [-0.2, -0.15) is 5.10 Å². The zero-order valence-corrected chi connectivity index (χ0v) is 9.82. The summed E-state index contributed by atoms with van der Waals surface area (Å²) < 4.78 is 2.01. The molecule has 0 aliphatic rings. The number of aryl methyl sites for hydroxylation is 2. The molecule has 0 radical (unpaired) electrons. The molecule has 1 rings (SSSR count). The Labute approximate surface area is 91.3 Å². The first-order chi connectivity index (χ1) is 7.21. The first kappa shape index (κ1) is 12.2. The van der Waals surface area contributed by atoms with E-state index in [2.05, 4.69) is 30.3 Å². The molecule has 2 N–H and O–H groups in total. The maximum absolute atomic E-state index is 8.91. The highest BCUT2D eigenvalue weighted by molar-refractivity contribution is 5.10. The summed E-state index contributed by atoms with van der Waals surface area (Å²) in [5.41, 5.74) is 2.32. The molecule has 1 aromatic rings. The van der Waals surface area contributed by atoms with Crippen LogP contribution in [0.3, 0.4) is 0 Å². The molecule has 4 heteroatoms. The minimum Gasteiger partial charge on any atom is -0.395 e. The van der Waals surface area contributed by atoms with Gasteiger partial charge in [-0.25, -0.2) is 0 Å². The third-order valence-electron chi connectivity index (χ3n) is 2.48. The van der Waals surface area contributed by atoms with E-state index in [1.807, 2.05) is 11.6 Å². The van der Waals surface area contributed by atoms with Crippen LogP contribution >= 0.6 is 0 Å². The smallest absolute Gasteiger partial charge is 0.0625 e. The first-order valence-electron chi connectivity index (χ1n) is 5.61. The van der Waals surface area contributed by atoms with Crippen molar-refractivity contribution in [2.75, 3.05) is 6.61 Å². The Morgan fingerprint density at radius 3 is 2.80 bits per heavy atom. The van der Waals surface area contributed by atoms with E-state index in [-0.39, 0.29) is 12.6 Å². The van der Waals surface area contributed by atoms with E-state index in [1.165, 1.54) is 5.69 Å². The second-order valence-corrected chi connectivity index (χ2v) is 3.76. The molecule has 0 fully saturated rings. The largest absolute Gasteiger partial charge is 0.395 e. The maximum Gasteiger partial charge on any atom is 0.0625 e. The number of rotatable bonds is 6. The van der Waals surface area contributed by atoms with Crippen molar-refractivity contribution in [1.82, 2.24) is 15.1 Å². The van der Waals surface area contributed by atoms with Gasteiger partial charge < -0.3 is 10.4 Å². The Morgan fingerprint density at radius 2 is 2.27 bits per heavy atom. The van der Waals surface area contributed by atoms with Crippen LogP contribution < -0.4 is 5.32 Å². The van der Waals surface area contributed by atoms with Crippen LogP contribution in [0.15, 0.2) is 6.07 Å². The molecule has 0 spiro atoms. The van der Waals surface area contributed by atoms with E-state index in [0.29, 0.717) is 0 Å². The van der Waals surface area contributed by atoms with Crippen LogP contribution in [0.5, 0.6) is 0 Å². The zero-order chi connectivity index (χ0) is 11.3. The minimum atomic E-state index is 0.135. The standard InChI is InChI=1S/C11H21N3O/c1-4-10-6-11(14(5-2)13-10)7-12-9(3)8-15/h6,9,12,15H,4-5,7-8H2,1-3H3. The number of aliphatic hydroxyl groups is 1. The Hall–Kier alpha value is -0.870. The fourth-order valence-electron chi connectivity index (χ4n) is 1.45. The molecule has 0 amide bonds. The lowest BCUT2D eigenvalue weighted by Crippen LogP contribution is -2.29. The molecule has 1 heterocycles. The van der Waals surface area contributed by atoms with E-state index >= 15 is 0 Å². The molecule has 0 aliphatic carbocycles. The van der Waals surface area contributed by atoms with Crippen LogP contribution in [0.1, 0.15) is 32.2 Å². The SMILES string of the molecule is CCc1cc(CNC(C)CO)n(CC)n1. The Balaban J connectivity index is 2.62. The molecular formula is C11H21N3O. The van der Waals surface area contributed by atoms with Gasteiger partial charge in [0, 0.05) is 19.1 Å². The lowest BCUT2D eigenvalue weighted by Gasteiger charge is -2.11. The van der Waals surface area contributed by atoms with Crippen molar-refractivity contribution in [2.45, 2.75) is 46.3 Å². The van der Waals surface area contributed by atoms with Crippen molar-refractivity contribution in [3.63, 3.8) is 0 Å². The molecule has 4 nitrogen and oxygen atoms in total. The highest BCUT2D eigenvalue weighted by Crippen LogP contribution is 2.05. The summed E-state index contributed by atoms with van der Waals surface area (Å²) in [6.07, 6.45) is 0.968. The average Bonchev–Trinajstić information content (AvgIpc) is 2.68. The van der Waals surface area contributed by atoms with Crippen molar-refractivity contribution in [2.24, 2.45) is 0 Å². The normalized spacial score (nSPS) is 13.1. The van der Waals surface area contributed by atoms with Gasteiger partial charge in [-0.1, -0.05) is 6.92 Å². The summed E-state index contributed by atoms with van der Waals surface area (Å²) in [4.78, 5) is 0. The molecule has 1 aromatic heterocycles. The van der Waals surface area contributed by atoms with Crippen molar-refractivity contribution < 1.29 is 5.11 Å². The van der Waals surface area contributed by atoms with Gasteiger partial charge in [-0.15, -0.1) is 0 Å². The maximum atomic E-state index is 8.91. The summed E-state index contributed by atoms with van der Waals surface area (Å²) in [5, 5.41) is 16.6. The summed E-state index contributed by atoms with van der Waals surface area (Å²) in [7, 11) is 0. The molecule has 0 saturated carbocycles. The second kappa shape index (κ2) is 5.88. The third-order valence-corrected chi connectivity index (χ3v) is 2.48. The second-order valence-electron chi connectivity index (χ2n) is 3.76. The van der Waals surface area contributed by atoms with Crippen LogP contribution in [0.4, 0.5) is 0 Å². The predicted molar refractivity (Wildman–Crippen MR) is 60.7 cm³/mol. The molecule has 1 atom stereocenters. The van der Waals surface area contributed by atoms with E-state index < -0.39 is 0 Å². The van der Waals surface area contributed by atoms with Gasteiger partial charge in [0.15, 0.2) is 0 Å². The first-order valence-corrected chi connectivity index (χ1v) is 5.61. The topological polar surface area (TPSA) is 50.1 Å². The number of aromatic nitrogens is 2. The van der Waals surface area contributed by atoms with Gasteiger partial charge in [-0.3, -0.25) is 4.68 Å². The molecular weight excluding hydrogens is 190 g/mol. The minimum absolute atomic E-state index is 0.135. The van der Waals surface area contributed by atoms with Crippen LogP contribution in [0.2, 0.25) is 0 Å². The van der Waals surface area contributed by atoms with Gasteiger partial charge in [-0.05, 0) is 26.3 Å². The summed E-state index contributed by atoms with van der Waals surface area (Å²) >= 11 is 0. The molecule has 0 aliphatic heterocycles. The fourth-order valence-corrected chi connectivity index (χ4v) is 1.45. The highest BCUT2D eigenvalue weighted by Gasteiger charge is 2.06. The number of hydrogen-bond acceptors (Lipinski definition) is 3. The van der Waals surface area contributed by atoms with Gasteiger partial charge in [0.1, 0.15) is 0 Å². The van der Waals surface area contributed by atoms with Crippen LogP contribution in [-0.2, 0) is 19.5 Å². The molecule has 0 aromatic carbocycles. The molecule has 1 unspecified atom stereocenters. The van der Waals surface area contributed by atoms with E-state index in [9.17, 15) is 0 Å². The molecule has 15 heavy (non-hydrogen) atoms. The lowest BCUT2D eigenvalue weighted by molar-refractivity contribution is 0.250. The summed E-state index contributed by atoms with van der Waals surface area (Å²) in [6.45, 7) is 7.99. The fraction of sp³-hybridized carbons (Fsp3) is 0.727. The molecule has 0 bridgehead atoms. The van der Waals surface area contributed by atoms with Crippen LogP contribution in [0, 0.1) is 0 Å². The monoisotopic (exact) mass is 211 g/mol. The molecule has 86 valence electrons. The lowest BCUT2D eigenvalue weighted by atomic mass is 10.3. The van der Waals surface area contributed by atoms with Crippen LogP contribution in [0.25, 0.3) is 0 Å². The van der Waals surface area contributed by atoms with E-state index in [0.717, 1.165) is 25.2 Å². The number of nitrogens with zero attached hydrogens (tertiary/aromatic N) is 2. The Kier molecular flexibility index (Phi) is 4.78. The van der Waals surface area contributed by atoms with Crippen molar-refractivity contribution in [3.8, 4) is 0 Å². The Morgan fingerprint density at radius 1 is 1.53 bits per heavy atom. The summed E-state index contributed by atoms with van der Waals surface area (Å²) in [6, 6.07) is 2.26. The number of aliphatic hydroxyl groups excluding tert-OH is 1. The number of hydrogen-bond donors (Lipinski definition) is 2. The van der Waals surface area contributed by atoms with Crippen molar-refractivity contribution in [1.29, 1.82) is 0 Å². The Bertz CT molecular complexity index is 296. The van der Waals surface area contributed by atoms with Gasteiger partial charge in [0.05, 0.1) is 18.0 Å². The van der Waals surface area contributed by atoms with Crippen molar-refractivity contribution in [3.05, 3.63) is 17.5 Å². The van der Waals surface area contributed by atoms with E-state index in [1.54, 1.807) is 0 Å². The van der Waals surface area contributed by atoms with Gasteiger partial charge in [0.25, 0.3) is 0 Å². The van der Waals surface area contributed by atoms with Gasteiger partial charge in [0.2, 0.25) is 0 Å². The predicted octanol–water partition coefficient (Wildman–Crippen LogP) is 0.936. The number of nitrogens with one attached hydrogen (secondary N) is 1. The summed E-state index contributed by atoms with van der Waals surface area (Å²) in [5.74, 6) is 0. The van der Waals surface area contributed by atoms with Gasteiger partial charge >= 0.3 is 0 Å². The van der Waals surface area contributed by atoms with Crippen molar-refractivity contribution >= 4 is 0 Å². The van der Waals surface area contributed by atoms with E-state index in [4.69, 9.17) is 5.11 Å². The zero-order valence-electron chi connectivity index (χ0n) is 9.82. The third kappa shape index (κ3) is 3.32. The highest BCUT2D eigenvalue weighted by atomic mass is 16.3.